The van der Waals surface area contributed by atoms with E-state index in [0.717, 1.165) is 12.8 Å². The first-order valence-corrected chi connectivity index (χ1v) is 10.0. The van der Waals surface area contributed by atoms with Crippen LogP contribution in [0.4, 0.5) is 0 Å². The molecule has 0 N–H and O–H groups in total. The lowest BCUT2D eigenvalue weighted by molar-refractivity contribution is -0.149. The third-order valence-corrected chi connectivity index (χ3v) is 4.38. The topological polar surface area (TPSA) is 46.2 Å². The maximum Gasteiger partial charge on any atom is 0.335 e. The summed E-state index contributed by atoms with van der Waals surface area (Å²) in [6.07, 6.45) is 21.3. The Morgan fingerprint density at radius 1 is 0.609 bits per heavy atom. The van der Waals surface area contributed by atoms with Crippen LogP contribution in [-0.4, -0.2) is 19.2 Å². The van der Waals surface area contributed by atoms with Crippen molar-refractivity contribution in [1.29, 1.82) is 0 Å². The minimum atomic E-state index is -0.751. The van der Waals surface area contributed by atoms with E-state index in [1.807, 2.05) is 0 Å². The van der Waals surface area contributed by atoms with Crippen molar-refractivity contribution in [2.45, 2.75) is 110 Å². The molecular weight excluding hydrogens is 288 g/mol. The Morgan fingerprint density at radius 2 is 0.957 bits per heavy atom. The van der Waals surface area contributed by atoms with E-state index in [-0.39, 0.29) is 0 Å². The molecule has 0 rings (SSSR count). The van der Waals surface area contributed by atoms with E-state index < -0.39 is 12.6 Å². The van der Waals surface area contributed by atoms with Crippen LogP contribution in [0.2, 0.25) is 0 Å². The molecule has 3 nitrogen and oxygen atoms in total. The van der Waals surface area contributed by atoms with Crippen LogP contribution < -0.4 is 0 Å². The van der Waals surface area contributed by atoms with Gasteiger partial charge in [-0.05, 0) is 6.42 Å². The fourth-order valence-electron chi connectivity index (χ4n) is 2.88. The third kappa shape index (κ3) is 19.4. The predicted octanol–water partition coefficient (Wildman–Crippen LogP) is 6.22. The van der Waals surface area contributed by atoms with E-state index >= 15 is 0 Å². The average molecular weight is 328 g/mol. The zero-order valence-electron chi connectivity index (χ0n) is 15.5. The molecule has 0 aromatic rings. The van der Waals surface area contributed by atoms with Crippen molar-refractivity contribution in [2.75, 3.05) is 13.2 Å². The fourth-order valence-corrected chi connectivity index (χ4v) is 2.88. The smallest absolute Gasteiger partial charge is 0.335 e. The highest BCUT2D eigenvalue weighted by Gasteiger charge is 1.99. The van der Waals surface area contributed by atoms with Crippen molar-refractivity contribution in [3.05, 3.63) is 0 Å². The van der Waals surface area contributed by atoms with Crippen LogP contribution in [0.3, 0.4) is 0 Å². The second-order valence-corrected chi connectivity index (χ2v) is 6.67. The van der Waals surface area contributed by atoms with Crippen molar-refractivity contribution in [3.8, 4) is 0 Å². The van der Waals surface area contributed by atoms with Gasteiger partial charge in [-0.2, -0.15) is 0 Å². The summed E-state index contributed by atoms with van der Waals surface area (Å²) in [6.45, 7) is 1.94. The molecule has 0 amide bonds. The number of hydrogen-bond donors (Lipinski definition) is 0. The molecule has 3 heteroatoms. The normalized spacial score (nSPS) is 10.9. The van der Waals surface area contributed by atoms with Crippen LogP contribution >= 0.6 is 0 Å². The van der Waals surface area contributed by atoms with Gasteiger partial charge >= 0.3 is 5.97 Å². The van der Waals surface area contributed by atoms with E-state index in [9.17, 15) is 9.90 Å². The maximum absolute atomic E-state index is 10.6. The van der Waals surface area contributed by atoms with E-state index in [2.05, 4.69) is 6.92 Å². The third-order valence-electron chi connectivity index (χ3n) is 4.38. The Balaban J connectivity index is 2.99. The number of unbranched alkanes of at least 4 members (excludes halogenated alkanes) is 15. The molecule has 0 fully saturated rings. The van der Waals surface area contributed by atoms with Gasteiger partial charge in [-0.1, -0.05) is 103 Å². The number of carbonyl (C=O) groups is 1. The second kappa shape index (κ2) is 19.5. The van der Waals surface area contributed by atoms with Gasteiger partial charge in [0.25, 0.3) is 0 Å². The number of ether oxygens (including phenoxy) is 1. The van der Waals surface area contributed by atoms with Gasteiger partial charge in [0.1, 0.15) is 0 Å². The van der Waals surface area contributed by atoms with E-state index in [4.69, 9.17) is 4.74 Å². The monoisotopic (exact) mass is 327 g/mol. The van der Waals surface area contributed by atoms with Crippen molar-refractivity contribution in [3.63, 3.8) is 0 Å². The molecule has 0 bridgehead atoms. The van der Waals surface area contributed by atoms with Gasteiger partial charge in [-0.25, -0.2) is 9.90 Å². The largest absolute Gasteiger partial charge is 0.464 e. The second-order valence-electron chi connectivity index (χ2n) is 6.67. The first kappa shape index (κ1) is 22.4. The van der Waals surface area contributed by atoms with Crippen molar-refractivity contribution in [2.24, 2.45) is 0 Å². The molecule has 0 saturated heterocycles. The molecule has 0 saturated carbocycles. The molecule has 0 spiro atoms. The van der Waals surface area contributed by atoms with Gasteiger partial charge in [-0.3, -0.25) is 0 Å². The van der Waals surface area contributed by atoms with Crippen LogP contribution in [0.1, 0.15) is 110 Å². The Morgan fingerprint density at radius 3 is 1.30 bits per heavy atom. The molecule has 137 valence electrons. The number of esters is 1. The van der Waals surface area contributed by atoms with Gasteiger partial charge in [0.15, 0.2) is 6.61 Å². The first-order chi connectivity index (χ1) is 11.3. The highest BCUT2D eigenvalue weighted by atomic mass is 16.5. The summed E-state index contributed by atoms with van der Waals surface area (Å²) >= 11 is 0. The zero-order valence-corrected chi connectivity index (χ0v) is 15.5. The summed E-state index contributed by atoms with van der Waals surface area (Å²) in [6, 6.07) is 0. The van der Waals surface area contributed by atoms with Crippen LogP contribution in [0.5, 0.6) is 0 Å². The highest BCUT2D eigenvalue weighted by molar-refractivity contribution is 5.70. The Kier molecular flexibility index (Phi) is 19.0. The summed E-state index contributed by atoms with van der Waals surface area (Å²) in [5, 5.41) is 10.2. The first-order valence-electron chi connectivity index (χ1n) is 10.0. The highest BCUT2D eigenvalue weighted by Crippen LogP contribution is 2.13. The minimum absolute atomic E-state index is 0.416. The lowest BCUT2D eigenvalue weighted by Crippen LogP contribution is -2.08. The van der Waals surface area contributed by atoms with Crippen molar-refractivity contribution >= 4 is 5.97 Å². The van der Waals surface area contributed by atoms with Crippen LogP contribution in [0.15, 0.2) is 0 Å². The molecule has 0 atom stereocenters. The van der Waals surface area contributed by atoms with Gasteiger partial charge < -0.3 is 4.74 Å². The quantitative estimate of drug-likeness (QED) is 0.221. The number of hydrogen-bond acceptors (Lipinski definition) is 2. The van der Waals surface area contributed by atoms with Crippen molar-refractivity contribution < 1.29 is 14.6 Å². The number of carbonyl (C=O) groups excluding carboxylic acids is 1. The summed E-state index contributed by atoms with van der Waals surface area (Å²) < 4.78 is 4.76. The number of rotatable bonds is 18. The summed E-state index contributed by atoms with van der Waals surface area (Å²) in [7, 11) is 0. The molecule has 1 radical (unpaired) electrons. The summed E-state index contributed by atoms with van der Waals surface area (Å²) in [4.78, 5) is 10.6. The standard InChI is InChI=1S/C20H39O3/c1-2-3-4-5-6-7-8-9-10-11-12-13-14-15-16-17-18-23-20(22)19-21/h2-19H2,1H3. The van der Waals surface area contributed by atoms with Crippen LogP contribution in [-0.2, 0) is 14.6 Å². The summed E-state index contributed by atoms with van der Waals surface area (Å²) in [5.74, 6) is -0.619. The molecule has 0 unspecified atom stereocenters. The van der Waals surface area contributed by atoms with E-state index in [1.165, 1.54) is 89.9 Å². The van der Waals surface area contributed by atoms with Crippen LogP contribution in [0, 0.1) is 0 Å². The zero-order chi connectivity index (χ0) is 17.0. The Bertz CT molecular complexity index is 241. The molecule has 0 aromatic heterocycles. The van der Waals surface area contributed by atoms with E-state index in [1.54, 1.807) is 0 Å². The fraction of sp³-hybridized carbons (Fsp3) is 0.950. The minimum Gasteiger partial charge on any atom is -0.464 e. The van der Waals surface area contributed by atoms with Gasteiger partial charge in [-0.15, -0.1) is 0 Å². The lowest BCUT2D eigenvalue weighted by Gasteiger charge is -2.04. The molecule has 23 heavy (non-hydrogen) atoms. The maximum atomic E-state index is 10.6. The average Bonchev–Trinajstić information content (AvgIpc) is 2.57. The van der Waals surface area contributed by atoms with Gasteiger partial charge in [0.2, 0.25) is 0 Å². The Labute approximate surface area is 144 Å². The molecule has 0 aliphatic carbocycles. The van der Waals surface area contributed by atoms with Gasteiger partial charge in [0, 0.05) is 0 Å². The lowest BCUT2D eigenvalue weighted by atomic mass is 10.0. The SMILES string of the molecule is CCCCCCCCCCCCCCCCCCOC(=O)C[O]. The molecule has 0 aromatic carbocycles. The summed E-state index contributed by atoms with van der Waals surface area (Å²) in [5.41, 5.74) is 0. The molecule has 0 aliphatic rings. The van der Waals surface area contributed by atoms with E-state index in [0.29, 0.717) is 6.61 Å². The molecule has 0 heterocycles. The molecule has 0 aliphatic heterocycles. The Hall–Kier alpha value is -0.570. The van der Waals surface area contributed by atoms with Gasteiger partial charge in [0.05, 0.1) is 6.61 Å². The molecular formula is C20H39O3. The van der Waals surface area contributed by atoms with Crippen LogP contribution in [0.25, 0.3) is 0 Å². The van der Waals surface area contributed by atoms with Crippen molar-refractivity contribution in [1.82, 2.24) is 0 Å². The predicted molar refractivity (Wildman–Crippen MR) is 96.1 cm³/mol.